The van der Waals surface area contributed by atoms with E-state index in [4.69, 9.17) is 5.11 Å². The number of amides is 2. The van der Waals surface area contributed by atoms with Crippen LogP contribution in [0.5, 0.6) is 0 Å². The number of hydrogen-bond donors (Lipinski definition) is 2. The molecule has 0 aliphatic rings. The maximum Gasteiger partial charge on any atom is 0.303 e. The van der Waals surface area contributed by atoms with Gasteiger partial charge < -0.3 is 15.3 Å². The van der Waals surface area contributed by atoms with Gasteiger partial charge in [-0.15, -0.1) is 5.10 Å². The van der Waals surface area contributed by atoms with E-state index in [1.165, 1.54) is 15.8 Å². The van der Waals surface area contributed by atoms with Crippen molar-refractivity contribution in [3.63, 3.8) is 0 Å². The Kier molecular flexibility index (Phi) is 5.83. The van der Waals surface area contributed by atoms with Crippen LogP contribution in [-0.2, 0) is 22.6 Å². The highest BCUT2D eigenvalue weighted by atomic mass is 16.4. The van der Waals surface area contributed by atoms with Crippen LogP contribution in [0.25, 0.3) is 0 Å². The monoisotopic (exact) mass is 345 g/mol. The lowest BCUT2D eigenvalue weighted by atomic mass is 10.1. The summed E-state index contributed by atoms with van der Waals surface area (Å²) in [5, 5.41) is 18.9. The maximum absolute atomic E-state index is 12.2. The van der Waals surface area contributed by atoms with Gasteiger partial charge >= 0.3 is 5.97 Å². The number of carbonyl (C=O) groups excluding carboxylic acids is 2. The summed E-state index contributed by atoms with van der Waals surface area (Å²) < 4.78 is 1.29. The van der Waals surface area contributed by atoms with Gasteiger partial charge in [-0.3, -0.25) is 14.4 Å². The van der Waals surface area contributed by atoms with Crippen LogP contribution in [0.3, 0.4) is 0 Å². The Bertz CT molecular complexity index is 784. The van der Waals surface area contributed by atoms with Crippen molar-refractivity contribution >= 4 is 23.5 Å². The Labute approximate surface area is 144 Å². The summed E-state index contributed by atoms with van der Waals surface area (Å²) in [6.07, 6.45) is 1.79. The van der Waals surface area contributed by atoms with Crippen molar-refractivity contribution < 1.29 is 19.5 Å². The first-order valence-electron chi connectivity index (χ1n) is 7.57. The molecule has 2 aromatic rings. The number of rotatable bonds is 7. The lowest BCUT2D eigenvalue weighted by molar-refractivity contribution is -0.137. The van der Waals surface area contributed by atoms with E-state index < -0.39 is 11.9 Å². The van der Waals surface area contributed by atoms with E-state index in [0.29, 0.717) is 12.1 Å². The second kappa shape index (κ2) is 8.04. The van der Waals surface area contributed by atoms with E-state index in [9.17, 15) is 14.4 Å². The molecule has 0 atom stereocenters. The summed E-state index contributed by atoms with van der Waals surface area (Å²) in [7, 11) is 3.26. The minimum absolute atomic E-state index is 0.00203. The molecule has 0 spiro atoms. The smallest absolute Gasteiger partial charge is 0.303 e. The van der Waals surface area contributed by atoms with Crippen LogP contribution < -0.4 is 5.32 Å². The summed E-state index contributed by atoms with van der Waals surface area (Å²) in [4.78, 5) is 35.9. The average Bonchev–Trinajstić information content (AvgIpc) is 3.02. The molecule has 0 fully saturated rings. The molecule has 1 heterocycles. The quantitative estimate of drug-likeness (QED) is 0.760. The molecule has 0 unspecified atom stereocenters. The lowest BCUT2D eigenvalue weighted by Crippen LogP contribution is -2.26. The van der Waals surface area contributed by atoms with Gasteiger partial charge in [0.25, 0.3) is 5.91 Å². The first-order valence-corrected chi connectivity index (χ1v) is 7.57. The van der Waals surface area contributed by atoms with Crippen LogP contribution in [0.2, 0.25) is 0 Å². The van der Waals surface area contributed by atoms with Crippen LogP contribution in [0.15, 0.2) is 30.5 Å². The third-order valence-electron chi connectivity index (χ3n) is 3.38. The molecule has 2 rings (SSSR count). The van der Waals surface area contributed by atoms with E-state index in [1.807, 2.05) is 0 Å². The fraction of sp³-hybridized carbons (Fsp3) is 0.312. The maximum atomic E-state index is 12.2. The third kappa shape index (κ3) is 5.41. The Balaban J connectivity index is 2.00. The first-order chi connectivity index (χ1) is 11.8. The number of nitrogens with one attached hydrogen (secondary N) is 1. The molecule has 0 aliphatic heterocycles. The van der Waals surface area contributed by atoms with Gasteiger partial charge in [-0.05, 0) is 24.1 Å². The molecule has 0 saturated heterocycles. The molecule has 9 nitrogen and oxygen atoms in total. The predicted molar refractivity (Wildman–Crippen MR) is 89.1 cm³/mol. The van der Waals surface area contributed by atoms with Gasteiger partial charge in [0, 0.05) is 26.2 Å². The van der Waals surface area contributed by atoms with E-state index in [0.717, 1.165) is 5.56 Å². The van der Waals surface area contributed by atoms with Gasteiger partial charge in [0.2, 0.25) is 5.91 Å². The van der Waals surface area contributed by atoms with Crippen LogP contribution in [-0.4, -0.2) is 56.9 Å². The zero-order valence-corrected chi connectivity index (χ0v) is 14.0. The van der Waals surface area contributed by atoms with Gasteiger partial charge in [0.15, 0.2) is 5.69 Å². The number of hydrogen-bond acceptors (Lipinski definition) is 5. The van der Waals surface area contributed by atoms with Gasteiger partial charge in [-0.25, -0.2) is 4.68 Å². The van der Waals surface area contributed by atoms with Crippen LogP contribution in [0, 0.1) is 0 Å². The van der Waals surface area contributed by atoms with Crippen LogP contribution >= 0.6 is 0 Å². The molecule has 9 heteroatoms. The first kappa shape index (κ1) is 18.1. The van der Waals surface area contributed by atoms with Crippen molar-refractivity contribution in [1.82, 2.24) is 19.9 Å². The van der Waals surface area contributed by atoms with Gasteiger partial charge in [0.1, 0.15) is 6.54 Å². The molecular formula is C16H19N5O4. The van der Waals surface area contributed by atoms with Crippen LogP contribution in [0.4, 0.5) is 5.69 Å². The number of aliphatic carboxylic acids is 1. The fourth-order valence-electron chi connectivity index (χ4n) is 2.01. The van der Waals surface area contributed by atoms with E-state index in [2.05, 4.69) is 15.6 Å². The minimum atomic E-state index is -0.877. The van der Waals surface area contributed by atoms with E-state index in [1.54, 1.807) is 38.4 Å². The largest absolute Gasteiger partial charge is 0.481 e. The van der Waals surface area contributed by atoms with Crippen molar-refractivity contribution in [2.75, 3.05) is 19.4 Å². The molecule has 0 bridgehead atoms. The zero-order valence-electron chi connectivity index (χ0n) is 14.0. The minimum Gasteiger partial charge on any atom is -0.481 e. The van der Waals surface area contributed by atoms with E-state index in [-0.39, 0.29) is 24.6 Å². The number of aromatic nitrogens is 3. The molecule has 0 aliphatic carbocycles. The SMILES string of the molecule is CN(C)C(=O)Cn1cc(C(=O)Nc2cccc(CCC(=O)O)c2)nn1. The Morgan fingerprint density at radius 3 is 2.72 bits per heavy atom. The number of carbonyl (C=O) groups is 3. The molecule has 2 amide bonds. The highest BCUT2D eigenvalue weighted by molar-refractivity contribution is 6.02. The normalized spacial score (nSPS) is 10.3. The summed E-state index contributed by atoms with van der Waals surface area (Å²) in [5.41, 5.74) is 1.43. The van der Waals surface area contributed by atoms with Crippen molar-refractivity contribution in [2.24, 2.45) is 0 Å². The highest BCUT2D eigenvalue weighted by Gasteiger charge is 2.13. The number of nitrogens with zero attached hydrogens (tertiary/aromatic N) is 4. The van der Waals surface area contributed by atoms with E-state index >= 15 is 0 Å². The third-order valence-corrected chi connectivity index (χ3v) is 3.38. The fourth-order valence-corrected chi connectivity index (χ4v) is 2.01. The number of carboxylic acids is 1. The summed E-state index contributed by atoms with van der Waals surface area (Å²) >= 11 is 0. The van der Waals surface area contributed by atoms with Gasteiger partial charge in [0.05, 0.1) is 6.20 Å². The molecule has 132 valence electrons. The lowest BCUT2D eigenvalue weighted by Gasteiger charge is -2.08. The summed E-state index contributed by atoms with van der Waals surface area (Å²) in [5.74, 6) is -1.50. The highest BCUT2D eigenvalue weighted by Crippen LogP contribution is 2.13. The van der Waals surface area contributed by atoms with Gasteiger partial charge in [-0.1, -0.05) is 17.3 Å². The molecule has 0 radical (unpaired) electrons. The van der Waals surface area contributed by atoms with Gasteiger partial charge in [-0.2, -0.15) is 0 Å². The molecular weight excluding hydrogens is 326 g/mol. The second-order valence-corrected chi connectivity index (χ2v) is 5.64. The van der Waals surface area contributed by atoms with Crippen molar-refractivity contribution in [3.8, 4) is 0 Å². The molecule has 0 saturated carbocycles. The Morgan fingerprint density at radius 1 is 1.28 bits per heavy atom. The molecule has 2 N–H and O–H groups in total. The van der Waals surface area contributed by atoms with Crippen molar-refractivity contribution in [3.05, 3.63) is 41.7 Å². The number of anilines is 1. The number of carboxylic acid groups (broad SMARTS) is 1. The number of benzene rings is 1. The molecule has 25 heavy (non-hydrogen) atoms. The second-order valence-electron chi connectivity index (χ2n) is 5.64. The molecule has 1 aromatic heterocycles. The topological polar surface area (TPSA) is 117 Å². The Morgan fingerprint density at radius 2 is 2.04 bits per heavy atom. The van der Waals surface area contributed by atoms with Crippen molar-refractivity contribution in [2.45, 2.75) is 19.4 Å². The average molecular weight is 345 g/mol. The molecule has 1 aromatic carbocycles. The van der Waals surface area contributed by atoms with Crippen molar-refractivity contribution in [1.29, 1.82) is 0 Å². The standard InChI is InChI=1S/C16H19N5O4/c1-20(2)14(22)10-21-9-13(18-19-21)16(25)17-12-5-3-4-11(8-12)6-7-15(23)24/h3-5,8-9H,6-7,10H2,1-2H3,(H,17,25)(H,23,24). The zero-order chi connectivity index (χ0) is 18.4. The van der Waals surface area contributed by atoms with Crippen LogP contribution in [0.1, 0.15) is 22.5 Å². The summed E-state index contributed by atoms with van der Waals surface area (Å²) in [6.45, 7) is -0.00203. The number of likely N-dealkylation sites (N-methyl/N-ethyl adjacent to an activating group) is 1. The Hall–Kier alpha value is -3.23. The number of aryl methyl sites for hydroxylation is 1. The predicted octanol–water partition coefficient (Wildman–Crippen LogP) is 0.636. The summed E-state index contributed by atoms with van der Waals surface area (Å²) in [6, 6.07) is 6.93.